The number of ether oxygens (including phenoxy) is 1. The van der Waals surface area contributed by atoms with Crippen LogP contribution in [0.3, 0.4) is 0 Å². The van der Waals surface area contributed by atoms with E-state index in [1.807, 2.05) is 0 Å². The standard InChI is InChI=1S/C12H14BrNO3/c1-2-17-12(16)11-4-3-9(14)5-8(11)6-10(15)7-13/h3-5H,2,6-7,14H2,1H3. The molecule has 5 heteroatoms. The van der Waals surface area contributed by atoms with Gasteiger partial charge in [0.15, 0.2) is 0 Å². The van der Waals surface area contributed by atoms with Crippen LogP contribution in [0.1, 0.15) is 22.8 Å². The number of benzene rings is 1. The van der Waals surface area contributed by atoms with E-state index in [0.29, 0.717) is 23.4 Å². The second-order valence-electron chi connectivity index (χ2n) is 3.49. The normalized spacial score (nSPS) is 10.0. The lowest BCUT2D eigenvalue weighted by atomic mass is 10.0. The molecule has 0 saturated carbocycles. The molecule has 2 N–H and O–H groups in total. The van der Waals surface area contributed by atoms with Crippen molar-refractivity contribution >= 4 is 33.4 Å². The predicted octanol–water partition coefficient (Wildman–Crippen LogP) is 1.95. The van der Waals surface area contributed by atoms with Crippen molar-refractivity contribution in [2.24, 2.45) is 0 Å². The quantitative estimate of drug-likeness (QED) is 0.512. The van der Waals surface area contributed by atoms with Crippen molar-refractivity contribution in [3.8, 4) is 0 Å². The molecule has 0 aromatic heterocycles. The first kappa shape index (κ1) is 13.7. The minimum atomic E-state index is -0.426. The number of nitrogens with two attached hydrogens (primary N) is 1. The van der Waals surface area contributed by atoms with Crippen molar-refractivity contribution in [3.05, 3.63) is 29.3 Å². The van der Waals surface area contributed by atoms with Crippen LogP contribution in [-0.2, 0) is 16.0 Å². The zero-order valence-electron chi connectivity index (χ0n) is 9.53. The number of carbonyl (C=O) groups excluding carboxylic acids is 2. The Hall–Kier alpha value is -1.36. The summed E-state index contributed by atoms with van der Waals surface area (Å²) in [6, 6.07) is 4.84. The van der Waals surface area contributed by atoms with E-state index in [1.165, 1.54) is 0 Å². The lowest BCUT2D eigenvalue weighted by molar-refractivity contribution is -0.115. The summed E-state index contributed by atoms with van der Waals surface area (Å²) >= 11 is 3.09. The smallest absolute Gasteiger partial charge is 0.338 e. The second-order valence-corrected chi connectivity index (χ2v) is 4.05. The Morgan fingerprint density at radius 3 is 2.71 bits per heavy atom. The highest BCUT2D eigenvalue weighted by Gasteiger charge is 2.14. The fourth-order valence-electron chi connectivity index (χ4n) is 1.43. The van der Waals surface area contributed by atoms with Crippen LogP contribution in [0.5, 0.6) is 0 Å². The molecule has 1 aromatic rings. The summed E-state index contributed by atoms with van der Waals surface area (Å²) in [7, 11) is 0. The third-order valence-electron chi connectivity index (χ3n) is 2.16. The molecule has 0 fully saturated rings. The molecule has 0 bridgehead atoms. The van der Waals surface area contributed by atoms with Gasteiger partial charge in [-0.3, -0.25) is 4.79 Å². The lowest BCUT2D eigenvalue weighted by Crippen LogP contribution is -2.12. The van der Waals surface area contributed by atoms with E-state index in [4.69, 9.17) is 10.5 Å². The van der Waals surface area contributed by atoms with E-state index in [2.05, 4.69) is 15.9 Å². The summed E-state index contributed by atoms with van der Waals surface area (Å²) < 4.78 is 4.92. The number of carbonyl (C=O) groups is 2. The number of ketones is 1. The second kappa shape index (κ2) is 6.39. The summed E-state index contributed by atoms with van der Waals surface area (Å²) in [5.74, 6) is -0.439. The number of halogens is 1. The van der Waals surface area contributed by atoms with Crippen LogP contribution in [-0.4, -0.2) is 23.7 Å². The van der Waals surface area contributed by atoms with Gasteiger partial charge >= 0.3 is 5.97 Å². The first-order valence-electron chi connectivity index (χ1n) is 5.21. The van der Waals surface area contributed by atoms with Crippen molar-refractivity contribution in [1.29, 1.82) is 0 Å². The number of rotatable bonds is 5. The van der Waals surface area contributed by atoms with Crippen LogP contribution < -0.4 is 5.73 Å². The number of hydrogen-bond donors (Lipinski definition) is 1. The molecular weight excluding hydrogens is 286 g/mol. The molecule has 0 aliphatic rings. The largest absolute Gasteiger partial charge is 0.462 e. The Bertz CT molecular complexity index is 432. The van der Waals surface area contributed by atoms with Gasteiger partial charge in [0.05, 0.1) is 17.5 Å². The van der Waals surface area contributed by atoms with E-state index < -0.39 is 5.97 Å². The first-order chi connectivity index (χ1) is 8.08. The molecule has 0 saturated heterocycles. The van der Waals surface area contributed by atoms with Gasteiger partial charge in [-0.2, -0.15) is 0 Å². The Kier molecular flexibility index (Phi) is 5.15. The Morgan fingerprint density at radius 1 is 1.41 bits per heavy atom. The lowest BCUT2D eigenvalue weighted by Gasteiger charge is -2.08. The number of Topliss-reactive ketones (excluding diaryl/α,β-unsaturated/α-hetero) is 1. The zero-order chi connectivity index (χ0) is 12.8. The van der Waals surface area contributed by atoms with Crippen molar-refractivity contribution in [1.82, 2.24) is 0 Å². The Balaban J connectivity index is 3.03. The SMILES string of the molecule is CCOC(=O)c1ccc(N)cc1CC(=O)CBr. The van der Waals surface area contributed by atoms with Crippen LogP contribution >= 0.6 is 15.9 Å². The minimum Gasteiger partial charge on any atom is -0.462 e. The van der Waals surface area contributed by atoms with E-state index >= 15 is 0 Å². The molecule has 0 unspecified atom stereocenters. The minimum absolute atomic E-state index is 0.0128. The maximum absolute atomic E-state index is 11.7. The third kappa shape index (κ3) is 3.85. The third-order valence-corrected chi connectivity index (χ3v) is 2.79. The number of esters is 1. The molecule has 0 spiro atoms. The monoisotopic (exact) mass is 299 g/mol. The van der Waals surface area contributed by atoms with E-state index in [9.17, 15) is 9.59 Å². The van der Waals surface area contributed by atoms with E-state index in [1.54, 1.807) is 25.1 Å². The number of anilines is 1. The van der Waals surface area contributed by atoms with Gasteiger partial charge in [-0.1, -0.05) is 15.9 Å². The van der Waals surface area contributed by atoms with Crippen molar-refractivity contribution in [3.63, 3.8) is 0 Å². The van der Waals surface area contributed by atoms with Crippen LogP contribution in [0.25, 0.3) is 0 Å². The van der Waals surface area contributed by atoms with Crippen molar-refractivity contribution in [2.75, 3.05) is 17.7 Å². The Morgan fingerprint density at radius 2 is 2.12 bits per heavy atom. The maximum Gasteiger partial charge on any atom is 0.338 e. The van der Waals surface area contributed by atoms with Gasteiger partial charge in [0.25, 0.3) is 0 Å². The highest BCUT2D eigenvalue weighted by atomic mass is 79.9. The molecule has 0 aliphatic heterocycles. The van der Waals surface area contributed by atoms with Gasteiger partial charge in [-0.15, -0.1) is 0 Å². The van der Waals surface area contributed by atoms with Gasteiger partial charge in [0.1, 0.15) is 5.78 Å². The maximum atomic E-state index is 11.7. The number of nitrogen functional groups attached to an aromatic ring is 1. The molecule has 0 aliphatic carbocycles. The molecule has 4 nitrogen and oxygen atoms in total. The summed E-state index contributed by atoms with van der Waals surface area (Å²) in [4.78, 5) is 23.0. The van der Waals surface area contributed by atoms with Crippen LogP contribution in [0.2, 0.25) is 0 Å². The summed E-state index contributed by atoms with van der Waals surface area (Å²) in [6.45, 7) is 2.04. The topological polar surface area (TPSA) is 69.4 Å². The van der Waals surface area contributed by atoms with Gasteiger partial charge in [0.2, 0.25) is 0 Å². The van der Waals surface area contributed by atoms with Crippen molar-refractivity contribution < 1.29 is 14.3 Å². The predicted molar refractivity (Wildman–Crippen MR) is 69.3 cm³/mol. The highest BCUT2D eigenvalue weighted by molar-refractivity contribution is 9.09. The summed E-state index contributed by atoms with van der Waals surface area (Å²) in [5, 5.41) is 0.254. The molecule has 0 amide bonds. The highest BCUT2D eigenvalue weighted by Crippen LogP contribution is 2.16. The van der Waals surface area contributed by atoms with Gasteiger partial charge in [0, 0.05) is 12.1 Å². The fourth-order valence-corrected chi connectivity index (χ4v) is 1.63. The molecule has 1 aromatic carbocycles. The fraction of sp³-hybridized carbons (Fsp3) is 0.333. The van der Waals surface area contributed by atoms with Crippen LogP contribution in [0, 0.1) is 0 Å². The number of alkyl halides is 1. The van der Waals surface area contributed by atoms with Gasteiger partial charge in [-0.05, 0) is 30.7 Å². The summed E-state index contributed by atoms with van der Waals surface area (Å²) in [6.07, 6.45) is 0.171. The van der Waals surface area contributed by atoms with Crippen LogP contribution in [0.4, 0.5) is 5.69 Å². The van der Waals surface area contributed by atoms with Crippen molar-refractivity contribution in [2.45, 2.75) is 13.3 Å². The van der Waals surface area contributed by atoms with Gasteiger partial charge in [-0.25, -0.2) is 4.79 Å². The van der Waals surface area contributed by atoms with Gasteiger partial charge < -0.3 is 10.5 Å². The average molecular weight is 300 g/mol. The first-order valence-corrected chi connectivity index (χ1v) is 6.33. The molecule has 0 heterocycles. The zero-order valence-corrected chi connectivity index (χ0v) is 11.1. The molecule has 92 valence electrons. The number of hydrogen-bond acceptors (Lipinski definition) is 4. The molecule has 0 radical (unpaired) electrons. The average Bonchev–Trinajstić information content (AvgIpc) is 2.29. The molecular formula is C12H14BrNO3. The molecule has 1 rings (SSSR count). The van der Waals surface area contributed by atoms with E-state index in [-0.39, 0.29) is 17.5 Å². The molecule has 17 heavy (non-hydrogen) atoms. The van der Waals surface area contributed by atoms with Crippen LogP contribution in [0.15, 0.2) is 18.2 Å². The summed E-state index contributed by atoms with van der Waals surface area (Å²) in [5.41, 5.74) is 7.17. The molecule has 0 atom stereocenters. The van der Waals surface area contributed by atoms with E-state index in [0.717, 1.165) is 0 Å². The Labute approximate surface area is 108 Å².